The van der Waals surface area contributed by atoms with Gasteiger partial charge in [0.25, 0.3) is 0 Å². The number of aryl methyl sites for hydroxylation is 1. The summed E-state index contributed by atoms with van der Waals surface area (Å²) in [5, 5.41) is 24.8. The van der Waals surface area contributed by atoms with Crippen molar-refractivity contribution >= 4 is 44.6 Å². The van der Waals surface area contributed by atoms with Gasteiger partial charge in [0.05, 0.1) is 6.61 Å². The molecule has 1 aliphatic rings. The van der Waals surface area contributed by atoms with Crippen LogP contribution >= 0.6 is 11.3 Å². The maximum Gasteiger partial charge on any atom is 0.221 e. The highest BCUT2D eigenvalue weighted by atomic mass is 32.1. The predicted molar refractivity (Wildman–Crippen MR) is 208 cm³/mol. The average molecular weight is 765 g/mol. The third-order valence-corrected chi connectivity index (χ3v) is 13.0. The van der Waals surface area contributed by atoms with Crippen LogP contribution in [0.1, 0.15) is 27.7 Å². The fourth-order valence-electron chi connectivity index (χ4n) is 5.86. The molecule has 1 aliphatic heterocycles. The van der Waals surface area contributed by atoms with E-state index in [-0.39, 0.29) is 12.4 Å². The van der Waals surface area contributed by atoms with Crippen LogP contribution in [-0.4, -0.2) is 74.5 Å². The van der Waals surface area contributed by atoms with E-state index in [9.17, 15) is 14.6 Å². The second-order valence-electron chi connectivity index (χ2n) is 17.0. The summed E-state index contributed by atoms with van der Waals surface area (Å²) in [4.78, 5) is 1.65. The molecule has 13 heteroatoms. The number of benzene rings is 2. The molecule has 0 amide bonds. The van der Waals surface area contributed by atoms with Gasteiger partial charge in [0.1, 0.15) is 36.3 Å². The van der Waals surface area contributed by atoms with E-state index in [0.29, 0.717) is 11.1 Å². The molecular weight excluding hydrogens is 708 g/mol. The summed E-state index contributed by atoms with van der Waals surface area (Å²) in [6, 6.07) is 15.8. The molecule has 2 heterocycles. The lowest BCUT2D eigenvalue weighted by atomic mass is 9.86. The van der Waals surface area contributed by atoms with Gasteiger partial charge in [-0.15, -0.1) is 11.3 Å². The quantitative estimate of drug-likeness (QED) is 0.168. The molecule has 0 radical (unpaired) electrons. The number of ether oxygens (including phenoxy) is 1. The first-order chi connectivity index (χ1) is 22.4. The Kier molecular flexibility index (Phi) is 12.3. The Morgan fingerprint density at radius 1 is 0.776 bits per heavy atom. The van der Waals surface area contributed by atoms with E-state index in [0.717, 1.165) is 20.9 Å². The lowest BCUT2D eigenvalue weighted by Gasteiger charge is -2.54. The van der Waals surface area contributed by atoms with Gasteiger partial charge < -0.3 is 32.7 Å². The Bertz CT molecular complexity index is 1560. The molecule has 0 saturated carbocycles. The standard InChI is InChI=1S/C36H57FO7SSi4/c1-24-14-17-26(22-28(24)32(38)31-21-20-30(45-31)25-15-18-27(37)19-16-25)36(39)35(44-49(11,12)13)34(43-48(8,9)10)33(42-47(5,6)7)29(41-36)23-40-46(2,3)4/h14-22,29,32-35,38-39H,23H2,1-13H3/t29-,32?,33-,34+,35-,36+/m1/s1. The van der Waals surface area contributed by atoms with Gasteiger partial charge >= 0.3 is 0 Å². The van der Waals surface area contributed by atoms with E-state index < -0.39 is 69.6 Å². The van der Waals surface area contributed by atoms with Gasteiger partial charge in [-0.3, -0.25) is 0 Å². The smallest absolute Gasteiger partial charge is 0.221 e. The molecule has 3 aromatic rings. The van der Waals surface area contributed by atoms with Crippen molar-refractivity contribution in [3.63, 3.8) is 0 Å². The van der Waals surface area contributed by atoms with Crippen molar-refractivity contribution in [1.82, 2.24) is 0 Å². The van der Waals surface area contributed by atoms with Gasteiger partial charge in [0.2, 0.25) is 5.79 Å². The molecule has 6 atom stereocenters. The first-order valence-electron chi connectivity index (χ1n) is 17.1. The summed E-state index contributed by atoms with van der Waals surface area (Å²) < 4.78 is 47.6. The number of rotatable bonds is 13. The van der Waals surface area contributed by atoms with Gasteiger partial charge in [-0.05, 0) is 133 Å². The second kappa shape index (κ2) is 15.0. The van der Waals surface area contributed by atoms with Crippen molar-refractivity contribution in [3.05, 3.63) is 82.0 Å². The Morgan fingerprint density at radius 3 is 1.90 bits per heavy atom. The number of hydrogen-bond acceptors (Lipinski definition) is 8. The molecule has 0 spiro atoms. The largest absolute Gasteiger partial charge is 0.415 e. The Labute approximate surface area is 301 Å². The normalized spacial score (nSPS) is 24.7. The molecule has 1 saturated heterocycles. The van der Waals surface area contributed by atoms with Crippen molar-refractivity contribution in [2.75, 3.05) is 6.61 Å². The van der Waals surface area contributed by atoms with Crippen LogP contribution in [0.2, 0.25) is 78.6 Å². The van der Waals surface area contributed by atoms with Crippen molar-refractivity contribution in [1.29, 1.82) is 0 Å². The number of aliphatic hydroxyl groups is 2. The van der Waals surface area contributed by atoms with E-state index in [1.165, 1.54) is 23.5 Å². The van der Waals surface area contributed by atoms with Gasteiger partial charge in [-0.1, -0.05) is 24.3 Å². The fraction of sp³-hybridized carbons (Fsp3) is 0.556. The molecule has 0 bridgehead atoms. The molecule has 1 unspecified atom stereocenters. The third kappa shape index (κ3) is 10.8. The molecular formula is C36H57FO7SSi4. The van der Waals surface area contributed by atoms with Crippen molar-refractivity contribution < 1.29 is 37.0 Å². The van der Waals surface area contributed by atoms with Gasteiger partial charge in [-0.2, -0.15) is 0 Å². The Morgan fingerprint density at radius 2 is 1.35 bits per heavy atom. The molecule has 7 nitrogen and oxygen atoms in total. The number of aliphatic hydroxyl groups excluding tert-OH is 1. The second-order valence-corrected chi connectivity index (χ2v) is 36.0. The zero-order chi connectivity index (χ0) is 36.7. The number of halogens is 1. The summed E-state index contributed by atoms with van der Waals surface area (Å²) in [5.41, 5.74) is 2.86. The fourth-order valence-corrected chi connectivity index (χ4v) is 10.8. The molecule has 1 fully saturated rings. The molecule has 2 aromatic carbocycles. The highest BCUT2D eigenvalue weighted by Gasteiger charge is 2.59. The van der Waals surface area contributed by atoms with Crippen LogP contribution in [0, 0.1) is 12.7 Å². The minimum Gasteiger partial charge on any atom is -0.415 e. The van der Waals surface area contributed by atoms with Crippen molar-refractivity contribution in [2.45, 2.75) is 122 Å². The molecule has 0 aliphatic carbocycles. The van der Waals surface area contributed by atoms with Crippen LogP contribution in [0.5, 0.6) is 0 Å². The zero-order valence-electron chi connectivity index (χ0n) is 31.5. The average Bonchev–Trinajstić information content (AvgIpc) is 3.44. The number of hydrogen-bond donors (Lipinski definition) is 2. The lowest BCUT2D eigenvalue weighted by molar-refractivity contribution is -0.348. The first kappa shape index (κ1) is 40.4. The van der Waals surface area contributed by atoms with Crippen LogP contribution in [-0.2, 0) is 28.2 Å². The van der Waals surface area contributed by atoms with E-state index in [1.807, 2.05) is 37.3 Å². The maximum atomic E-state index is 13.6. The SMILES string of the molecule is Cc1ccc([C@]2(O)O[C@H](CO[Si](C)(C)C)[C@@H](O[Si](C)(C)C)[C@H](O[Si](C)(C)C)[C@H]2O[Si](C)(C)C)cc1C(O)c1ccc(-c2ccc(F)cc2)s1. The number of thiophene rings is 1. The van der Waals surface area contributed by atoms with E-state index in [1.54, 1.807) is 12.1 Å². The van der Waals surface area contributed by atoms with Gasteiger partial charge in [0, 0.05) is 15.3 Å². The predicted octanol–water partition coefficient (Wildman–Crippen LogP) is 9.00. The molecule has 49 heavy (non-hydrogen) atoms. The van der Waals surface area contributed by atoms with E-state index in [4.69, 9.17) is 22.4 Å². The van der Waals surface area contributed by atoms with Crippen molar-refractivity contribution in [2.24, 2.45) is 0 Å². The van der Waals surface area contributed by atoms with Gasteiger partial charge in [-0.25, -0.2) is 4.39 Å². The van der Waals surface area contributed by atoms with E-state index in [2.05, 4.69) is 78.6 Å². The van der Waals surface area contributed by atoms with Crippen LogP contribution in [0.25, 0.3) is 10.4 Å². The Hall–Kier alpha value is -1.34. The highest BCUT2D eigenvalue weighted by Crippen LogP contribution is 2.45. The summed E-state index contributed by atoms with van der Waals surface area (Å²) in [6.45, 7) is 27.7. The Balaban J connectivity index is 1.85. The molecule has 1 aromatic heterocycles. The monoisotopic (exact) mass is 764 g/mol. The lowest BCUT2D eigenvalue weighted by Crippen LogP contribution is -2.69. The molecule has 2 N–H and O–H groups in total. The van der Waals surface area contributed by atoms with Crippen molar-refractivity contribution in [3.8, 4) is 10.4 Å². The highest BCUT2D eigenvalue weighted by molar-refractivity contribution is 7.15. The summed E-state index contributed by atoms with van der Waals surface area (Å²) in [6.07, 6.45) is -3.68. The minimum atomic E-state index is -2.32. The van der Waals surface area contributed by atoms with Gasteiger partial charge in [0.15, 0.2) is 33.3 Å². The van der Waals surface area contributed by atoms with Crippen LogP contribution < -0.4 is 0 Å². The summed E-state index contributed by atoms with van der Waals surface area (Å²) >= 11 is 1.45. The van der Waals surface area contributed by atoms with Crippen LogP contribution in [0.3, 0.4) is 0 Å². The third-order valence-electron chi connectivity index (χ3n) is 7.86. The topological polar surface area (TPSA) is 86.6 Å². The van der Waals surface area contributed by atoms with E-state index >= 15 is 0 Å². The molecule has 272 valence electrons. The molecule has 4 rings (SSSR count). The maximum absolute atomic E-state index is 13.6. The summed E-state index contributed by atoms with van der Waals surface area (Å²) in [7, 11) is -8.69. The summed E-state index contributed by atoms with van der Waals surface area (Å²) in [5.74, 6) is -2.23. The van der Waals surface area contributed by atoms with Crippen LogP contribution in [0.15, 0.2) is 54.6 Å². The minimum absolute atomic E-state index is 0.237. The van der Waals surface area contributed by atoms with Crippen LogP contribution in [0.4, 0.5) is 4.39 Å². The zero-order valence-corrected chi connectivity index (χ0v) is 36.3. The first-order valence-corrected chi connectivity index (χ1v) is 31.5.